The Kier molecular flexibility index (Phi) is 4.18. The van der Waals surface area contributed by atoms with Gasteiger partial charge in [0.1, 0.15) is 0 Å². The molecule has 3 unspecified atom stereocenters. The first-order chi connectivity index (χ1) is 7.72. The molecular formula is C10H18N4S2. The number of aromatic nitrogens is 2. The average molecular weight is 258 g/mol. The van der Waals surface area contributed by atoms with Gasteiger partial charge in [-0.3, -0.25) is 16.0 Å². The van der Waals surface area contributed by atoms with Gasteiger partial charge in [-0.25, -0.2) is 0 Å². The van der Waals surface area contributed by atoms with Gasteiger partial charge in [0.25, 0.3) is 0 Å². The number of hydrazine groups is 1. The SMILES string of the molecule is CC1SCCSC1C(NN)c1ccn(C)n1. The van der Waals surface area contributed by atoms with Crippen LogP contribution in [0.3, 0.4) is 0 Å². The molecule has 1 saturated heterocycles. The van der Waals surface area contributed by atoms with Crippen molar-refractivity contribution in [3.05, 3.63) is 18.0 Å². The molecule has 3 atom stereocenters. The fourth-order valence-electron chi connectivity index (χ4n) is 1.96. The van der Waals surface area contributed by atoms with E-state index in [-0.39, 0.29) is 6.04 Å². The summed E-state index contributed by atoms with van der Waals surface area (Å²) in [6, 6.07) is 2.19. The summed E-state index contributed by atoms with van der Waals surface area (Å²) in [7, 11) is 1.93. The van der Waals surface area contributed by atoms with Crippen molar-refractivity contribution in [3.8, 4) is 0 Å². The molecular weight excluding hydrogens is 240 g/mol. The van der Waals surface area contributed by atoms with E-state index in [0.717, 1.165) is 5.69 Å². The number of rotatable bonds is 3. The minimum atomic E-state index is 0.147. The maximum absolute atomic E-state index is 5.69. The molecule has 90 valence electrons. The average Bonchev–Trinajstić information content (AvgIpc) is 2.69. The molecule has 2 rings (SSSR count). The first-order valence-corrected chi connectivity index (χ1v) is 7.51. The van der Waals surface area contributed by atoms with E-state index in [1.807, 2.05) is 47.5 Å². The van der Waals surface area contributed by atoms with Crippen molar-refractivity contribution in [1.82, 2.24) is 15.2 Å². The third-order valence-corrected chi connectivity index (χ3v) is 5.99. The largest absolute Gasteiger partial charge is 0.275 e. The summed E-state index contributed by atoms with van der Waals surface area (Å²) in [5.41, 5.74) is 3.96. The van der Waals surface area contributed by atoms with Crippen LogP contribution in [0.1, 0.15) is 18.7 Å². The summed E-state index contributed by atoms with van der Waals surface area (Å²) < 4.78 is 1.82. The van der Waals surface area contributed by atoms with E-state index in [4.69, 9.17) is 5.84 Å². The summed E-state index contributed by atoms with van der Waals surface area (Å²) in [6.45, 7) is 2.27. The molecule has 1 aliphatic rings. The number of nitrogens with zero attached hydrogens (tertiary/aromatic N) is 2. The van der Waals surface area contributed by atoms with E-state index in [9.17, 15) is 0 Å². The quantitative estimate of drug-likeness (QED) is 0.629. The van der Waals surface area contributed by atoms with Gasteiger partial charge in [0.2, 0.25) is 0 Å². The van der Waals surface area contributed by atoms with Gasteiger partial charge in [-0.05, 0) is 6.07 Å². The maximum atomic E-state index is 5.69. The molecule has 4 nitrogen and oxygen atoms in total. The first-order valence-electron chi connectivity index (χ1n) is 5.41. The van der Waals surface area contributed by atoms with Crippen molar-refractivity contribution in [2.45, 2.75) is 23.5 Å². The molecule has 1 fully saturated rings. The van der Waals surface area contributed by atoms with Crippen molar-refractivity contribution in [1.29, 1.82) is 0 Å². The lowest BCUT2D eigenvalue weighted by atomic mass is 10.1. The monoisotopic (exact) mass is 258 g/mol. The topological polar surface area (TPSA) is 55.9 Å². The highest BCUT2D eigenvalue weighted by Gasteiger charge is 2.31. The van der Waals surface area contributed by atoms with Crippen LogP contribution in [0.4, 0.5) is 0 Å². The summed E-state index contributed by atoms with van der Waals surface area (Å²) in [4.78, 5) is 0. The standard InChI is InChI=1S/C10H18N4S2/c1-7-10(16-6-5-15-7)9(12-11)8-3-4-14(2)13-8/h3-4,7,9-10,12H,5-6,11H2,1-2H3. The van der Waals surface area contributed by atoms with Crippen LogP contribution in [0.5, 0.6) is 0 Å². The van der Waals surface area contributed by atoms with Crippen LogP contribution >= 0.6 is 23.5 Å². The van der Waals surface area contributed by atoms with Gasteiger partial charge >= 0.3 is 0 Å². The number of nitrogens with two attached hydrogens (primary N) is 1. The van der Waals surface area contributed by atoms with Gasteiger partial charge in [-0.1, -0.05) is 6.92 Å². The van der Waals surface area contributed by atoms with Crippen LogP contribution in [0.25, 0.3) is 0 Å². The Labute approximate surface area is 105 Å². The minimum absolute atomic E-state index is 0.147. The zero-order valence-corrected chi connectivity index (χ0v) is 11.2. The van der Waals surface area contributed by atoms with Gasteiger partial charge < -0.3 is 0 Å². The van der Waals surface area contributed by atoms with Crippen LogP contribution in [0.2, 0.25) is 0 Å². The lowest BCUT2D eigenvalue weighted by molar-refractivity contribution is 0.507. The highest BCUT2D eigenvalue weighted by molar-refractivity contribution is 8.07. The highest BCUT2D eigenvalue weighted by atomic mass is 32.2. The Balaban J connectivity index is 2.14. The number of aryl methyl sites for hydroxylation is 1. The van der Waals surface area contributed by atoms with Gasteiger partial charge in [-0.2, -0.15) is 28.6 Å². The Morgan fingerprint density at radius 1 is 1.56 bits per heavy atom. The smallest absolute Gasteiger partial charge is 0.0819 e. The van der Waals surface area contributed by atoms with E-state index in [2.05, 4.69) is 17.4 Å². The van der Waals surface area contributed by atoms with Crippen LogP contribution in [0, 0.1) is 0 Å². The van der Waals surface area contributed by atoms with Gasteiger partial charge in [-0.15, -0.1) is 0 Å². The molecule has 0 aliphatic carbocycles. The molecule has 0 amide bonds. The molecule has 3 N–H and O–H groups in total. The lowest BCUT2D eigenvalue weighted by Crippen LogP contribution is -2.41. The number of hydrogen-bond acceptors (Lipinski definition) is 5. The number of nitrogens with one attached hydrogen (secondary N) is 1. The Hall–Kier alpha value is -0.170. The Morgan fingerprint density at radius 3 is 2.88 bits per heavy atom. The molecule has 0 bridgehead atoms. The van der Waals surface area contributed by atoms with Gasteiger partial charge in [0.15, 0.2) is 0 Å². The van der Waals surface area contributed by atoms with E-state index in [1.54, 1.807) is 0 Å². The fourth-order valence-corrected chi connectivity index (χ4v) is 4.88. The Morgan fingerprint density at radius 2 is 2.31 bits per heavy atom. The van der Waals surface area contributed by atoms with Crippen molar-refractivity contribution < 1.29 is 0 Å². The second-order valence-corrected chi connectivity index (χ2v) is 6.74. The second kappa shape index (κ2) is 5.44. The van der Waals surface area contributed by atoms with Crippen molar-refractivity contribution >= 4 is 23.5 Å². The van der Waals surface area contributed by atoms with Gasteiger partial charge in [0, 0.05) is 35.3 Å². The van der Waals surface area contributed by atoms with E-state index < -0.39 is 0 Å². The van der Waals surface area contributed by atoms with Crippen molar-refractivity contribution in [2.75, 3.05) is 11.5 Å². The van der Waals surface area contributed by atoms with Crippen LogP contribution in [-0.4, -0.2) is 31.8 Å². The summed E-state index contributed by atoms with van der Waals surface area (Å²) >= 11 is 4.02. The number of hydrogen-bond donors (Lipinski definition) is 2. The van der Waals surface area contributed by atoms with Crippen LogP contribution < -0.4 is 11.3 Å². The van der Waals surface area contributed by atoms with Gasteiger partial charge in [0.05, 0.1) is 11.7 Å². The predicted octanol–water partition coefficient (Wildman–Crippen LogP) is 1.16. The maximum Gasteiger partial charge on any atom is 0.0819 e. The van der Waals surface area contributed by atoms with Crippen molar-refractivity contribution in [3.63, 3.8) is 0 Å². The predicted molar refractivity (Wildman–Crippen MR) is 71.4 cm³/mol. The molecule has 0 aromatic carbocycles. The third-order valence-electron chi connectivity index (χ3n) is 2.80. The van der Waals surface area contributed by atoms with Crippen molar-refractivity contribution in [2.24, 2.45) is 12.9 Å². The minimum Gasteiger partial charge on any atom is -0.275 e. The molecule has 1 aliphatic heterocycles. The first kappa shape index (κ1) is 12.3. The third kappa shape index (κ3) is 2.56. The zero-order valence-electron chi connectivity index (χ0n) is 9.59. The fraction of sp³-hybridized carbons (Fsp3) is 0.700. The summed E-state index contributed by atoms with van der Waals surface area (Å²) in [5.74, 6) is 8.12. The Bertz CT molecular complexity index is 341. The van der Waals surface area contributed by atoms with E-state index in [1.165, 1.54) is 11.5 Å². The van der Waals surface area contributed by atoms with Crippen LogP contribution in [-0.2, 0) is 7.05 Å². The molecule has 6 heteroatoms. The number of thioether (sulfide) groups is 2. The molecule has 0 spiro atoms. The molecule has 0 radical (unpaired) electrons. The molecule has 16 heavy (non-hydrogen) atoms. The molecule has 1 aromatic heterocycles. The zero-order chi connectivity index (χ0) is 11.5. The highest BCUT2D eigenvalue weighted by Crippen LogP contribution is 2.37. The molecule has 0 saturated carbocycles. The summed E-state index contributed by atoms with van der Waals surface area (Å²) in [6.07, 6.45) is 1.96. The second-order valence-electron chi connectivity index (χ2n) is 3.97. The van der Waals surface area contributed by atoms with E-state index in [0.29, 0.717) is 10.5 Å². The summed E-state index contributed by atoms with van der Waals surface area (Å²) in [5, 5.41) is 5.55. The molecule has 2 heterocycles. The normalized spacial score (nSPS) is 27.9. The molecule has 1 aromatic rings. The van der Waals surface area contributed by atoms with Crippen LogP contribution in [0.15, 0.2) is 12.3 Å². The lowest BCUT2D eigenvalue weighted by Gasteiger charge is -2.33. The van der Waals surface area contributed by atoms with E-state index >= 15 is 0 Å².